The van der Waals surface area contributed by atoms with Gasteiger partial charge in [0.2, 0.25) is 0 Å². The third kappa shape index (κ3) is 14.3. The number of hydrogen-bond acceptors (Lipinski definition) is 3. The molecule has 1 saturated heterocycles. The number of hydrogen-bond donors (Lipinski definition) is 0. The highest BCUT2D eigenvalue weighted by molar-refractivity contribution is 5.69. The Bertz CT molecular complexity index is 298. The highest BCUT2D eigenvalue weighted by Crippen LogP contribution is 2.14. The largest absolute Gasteiger partial charge is 0.460 e. The van der Waals surface area contributed by atoms with Crippen molar-refractivity contribution in [2.45, 2.75) is 122 Å². The van der Waals surface area contributed by atoms with Gasteiger partial charge in [-0.2, -0.15) is 0 Å². The van der Waals surface area contributed by atoms with E-state index in [2.05, 4.69) is 6.92 Å². The Balaban J connectivity index is 1.71. The second kappa shape index (κ2) is 16.9. The van der Waals surface area contributed by atoms with Crippen molar-refractivity contribution in [2.24, 2.45) is 0 Å². The lowest BCUT2D eigenvalue weighted by Crippen LogP contribution is -2.17. The van der Waals surface area contributed by atoms with E-state index in [1.54, 1.807) is 0 Å². The number of rotatable bonds is 17. The molecule has 0 N–H and O–H groups in total. The fraction of sp³-hybridized carbons (Fsp3) is 0.955. The topological polar surface area (TPSA) is 35.5 Å². The zero-order valence-corrected chi connectivity index (χ0v) is 16.7. The average molecular weight is 355 g/mol. The summed E-state index contributed by atoms with van der Waals surface area (Å²) in [5.41, 5.74) is 0. The number of ether oxygens (including phenoxy) is 2. The highest BCUT2D eigenvalue weighted by Gasteiger charge is 2.19. The van der Waals surface area contributed by atoms with Crippen molar-refractivity contribution in [3.63, 3.8) is 0 Å². The van der Waals surface area contributed by atoms with Gasteiger partial charge in [-0.15, -0.1) is 0 Å². The number of carbonyl (C=O) groups excluding carboxylic acids is 1. The van der Waals surface area contributed by atoms with E-state index in [1.807, 2.05) is 0 Å². The van der Waals surface area contributed by atoms with Gasteiger partial charge in [-0.05, 0) is 6.42 Å². The number of unbranched alkanes of at least 4 members (excludes halogenated alkanes) is 14. The molecular weight excluding hydrogens is 312 g/mol. The van der Waals surface area contributed by atoms with Crippen molar-refractivity contribution in [1.82, 2.24) is 0 Å². The van der Waals surface area contributed by atoms with Gasteiger partial charge in [0, 0.05) is 12.8 Å². The first kappa shape index (κ1) is 22.5. The summed E-state index contributed by atoms with van der Waals surface area (Å²) in [7, 11) is 0. The van der Waals surface area contributed by atoms with E-state index in [0.717, 1.165) is 25.9 Å². The molecule has 0 aliphatic carbocycles. The van der Waals surface area contributed by atoms with Gasteiger partial charge in [-0.3, -0.25) is 4.79 Å². The van der Waals surface area contributed by atoms with Gasteiger partial charge in [0.1, 0.15) is 6.10 Å². The Kier molecular flexibility index (Phi) is 15.2. The molecule has 0 amide bonds. The normalized spacial score (nSPS) is 17.1. The van der Waals surface area contributed by atoms with Crippen LogP contribution in [0, 0.1) is 0 Å². The van der Waals surface area contributed by atoms with Crippen LogP contribution in [0.5, 0.6) is 0 Å². The van der Waals surface area contributed by atoms with Crippen LogP contribution in [0.4, 0.5) is 0 Å². The molecule has 0 bridgehead atoms. The molecule has 148 valence electrons. The van der Waals surface area contributed by atoms with Gasteiger partial charge in [-0.1, -0.05) is 96.8 Å². The molecule has 1 fully saturated rings. The summed E-state index contributed by atoms with van der Waals surface area (Å²) in [6.07, 6.45) is 21.7. The van der Waals surface area contributed by atoms with E-state index in [0.29, 0.717) is 13.0 Å². The predicted molar refractivity (Wildman–Crippen MR) is 105 cm³/mol. The van der Waals surface area contributed by atoms with E-state index >= 15 is 0 Å². The lowest BCUT2D eigenvalue weighted by atomic mass is 10.0. The van der Waals surface area contributed by atoms with E-state index in [1.165, 1.54) is 83.5 Å². The van der Waals surface area contributed by atoms with Crippen LogP contribution in [0.2, 0.25) is 0 Å². The van der Waals surface area contributed by atoms with Crippen LogP contribution in [-0.2, 0) is 14.3 Å². The van der Waals surface area contributed by atoms with Crippen molar-refractivity contribution in [1.29, 1.82) is 0 Å². The predicted octanol–water partition coefficient (Wildman–Crippen LogP) is 6.58. The lowest BCUT2D eigenvalue weighted by molar-refractivity contribution is -0.149. The molecular formula is C22H42O3. The van der Waals surface area contributed by atoms with Crippen molar-refractivity contribution in [3.8, 4) is 0 Å². The Morgan fingerprint density at radius 3 is 1.72 bits per heavy atom. The van der Waals surface area contributed by atoms with E-state index in [-0.39, 0.29) is 12.1 Å². The number of carbonyl (C=O) groups is 1. The summed E-state index contributed by atoms with van der Waals surface area (Å²) >= 11 is 0. The molecule has 25 heavy (non-hydrogen) atoms. The highest BCUT2D eigenvalue weighted by atomic mass is 16.6. The minimum atomic E-state index is -0.0369. The Labute approximate surface area is 156 Å². The molecule has 1 unspecified atom stereocenters. The summed E-state index contributed by atoms with van der Waals surface area (Å²) in [6, 6.07) is 0. The zero-order valence-electron chi connectivity index (χ0n) is 16.7. The smallest absolute Gasteiger partial charge is 0.306 e. The van der Waals surface area contributed by atoms with E-state index < -0.39 is 0 Å². The first-order chi connectivity index (χ1) is 12.3. The zero-order chi connectivity index (χ0) is 18.0. The Hall–Kier alpha value is -0.570. The summed E-state index contributed by atoms with van der Waals surface area (Å²) < 4.78 is 10.6. The van der Waals surface area contributed by atoms with Crippen molar-refractivity contribution in [2.75, 3.05) is 13.2 Å². The molecule has 0 aromatic heterocycles. The van der Waals surface area contributed by atoms with Gasteiger partial charge < -0.3 is 9.47 Å². The molecule has 3 heteroatoms. The van der Waals surface area contributed by atoms with Gasteiger partial charge in [-0.25, -0.2) is 0 Å². The molecule has 1 aliphatic heterocycles. The maximum Gasteiger partial charge on any atom is 0.306 e. The van der Waals surface area contributed by atoms with Crippen LogP contribution in [-0.4, -0.2) is 25.3 Å². The summed E-state index contributed by atoms with van der Waals surface area (Å²) in [5, 5.41) is 0. The van der Waals surface area contributed by atoms with Gasteiger partial charge in [0.05, 0.1) is 13.2 Å². The van der Waals surface area contributed by atoms with Crippen LogP contribution in [0.3, 0.4) is 0 Å². The second-order valence-corrected chi connectivity index (χ2v) is 7.68. The van der Waals surface area contributed by atoms with Crippen LogP contribution in [0.25, 0.3) is 0 Å². The third-order valence-electron chi connectivity index (χ3n) is 5.17. The minimum absolute atomic E-state index is 0.0174. The van der Waals surface area contributed by atoms with E-state index in [4.69, 9.17) is 9.47 Å². The average Bonchev–Trinajstić information content (AvgIpc) is 3.11. The molecule has 0 saturated carbocycles. The first-order valence-electron chi connectivity index (χ1n) is 11.1. The van der Waals surface area contributed by atoms with Crippen LogP contribution in [0.15, 0.2) is 0 Å². The SMILES string of the molecule is CCCCCCCCCCCCCCCCCC(=O)OC1CCOC1. The summed E-state index contributed by atoms with van der Waals surface area (Å²) in [4.78, 5) is 11.7. The first-order valence-corrected chi connectivity index (χ1v) is 11.1. The summed E-state index contributed by atoms with van der Waals surface area (Å²) in [6.45, 7) is 3.60. The second-order valence-electron chi connectivity index (χ2n) is 7.68. The molecule has 1 atom stereocenters. The van der Waals surface area contributed by atoms with E-state index in [9.17, 15) is 4.79 Å². The molecule has 3 nitrogen and oxygen atoms in total. The minimum Gasteiger partial charge on any atom is -0.460 e. The fourth-order valence-corrected chi connectivity index (χ4v) is 3.49. The monoisotopic (exact) mass is 354 g/mol. The Morgan fingerprint density at radius 2 is 1.28 bits per heavy atom. The third-order valence-corrected chi connectivity index (χ3v) is 5.17. The molecule has 1 rings (SSSR count). The van der Waals surface area contributed by atoms with Crippen LogP contribution >= 0.6 is 0 Å². The van der Waals surface area contributed by atoms with Gasteiger partial charge in [0.25, 0.3) is 0 Å². The molecule has 0 spiro atoms. The molecule has 0 aromatic rings. The van der Waals surface area contributed by atoms with Crippen molar-refractivity contribution in [3.05, 3.63) is 0 Å². The van der Waals surface area contributed by atoms with Crippen LogP contribution in [0.1, 0.15) is 116 Å². The molecule has 0 radical (unpaired) electrons. The van der Waals surface area contributed by atoms with Crippen LogP contribution < -0.4 is 0 Å². The molecule has 1 aliphatic rings. The van der Waals surface area contributed by atoms with Gasteiger partial charge in [0.15, 0.2) is 0 Å². The van der Waals surface area contributed by atoms with Crippen molar-refractivity contribution < 1.29 is 14.3 Å². The maximum atomic E-state index is 11.7. The van der Waals surface area contributed by atoms with Crippen molar-refractivity contribution >= 4 is 5.97 Å². The molecule has 1 heterocycles. The standard InChI is InChI=1S/C22H42O3/c1-2-3-4-5-6-7-8-9-10-11-12-13-14-15-16-17-22(23)25-21-18-19-24-20-21/h21H,2-20H2,1H3. The Morgan fingerprint density at radius 1 is 0.800 bits per heavy atom. The lowest BCUT2D eigenvalue weighted by Gasteiger charge is -2.09. The quantitative estimate of drug-likeness (QED) is 0.218. The fourth-order valence-electron chi connectivity index (χ4n) is 3.49. The maximum absolute atomic E-state index is 11.7. The van der Waals surface area contributed by atoms with Gasteiger partial charge >= 0.3 is 5.97 Å². The number of esters is 1. The molecule has 0 aromatic carbocycles. The summed E-state index contributed by atoms with van der Waals surface area (Å²) in [5.74, 6) is -0.0369.